The predicted molar refractivity (Wildman–Crippen MR) is 221 cm³/mol. The third kappa shape index (κ3) is 15.3. The highest BCUT2D eigenvalue weighted by atomic mass is 35.5. The number of hydrogen-bond donors (Lipinski definition) is 1. The molecule has 0 aliphatic rings. The van der Waals surface area contributed by atoms with E-state index in [4.69, 9.17) is 40.4 Å². The number of nitrogens with two attached hydrogens (primary N) is 1. The zero-order valence-electron chi connectivity index (χ0n) is 33.4. The molecule has 1 aromatic carbocycles. The number of nitrogens with zero attached hydrogens (tertiary/aromatic N) is 5. The van der Waals surface area contributed by atoms with Crippen LogP contribution in [-0.4, -0.2) is 52.1 Å². The van der Waals surface area contributed by atoms with Gasteiger partial charge in [0.2, 0.25) is 0 Å². The first kappa shape index (κ1) is 45.0. The maximum atomic E-state index is 14.5. The second kappa shape index (κ2) is 24.1. The zero-order chi connectivity index (χ0) is 40.1. The third-order valence-corrected chi connectivity index (χ3v) is 11.7. The van der Waals surface area contributed by atoms with Crippen molar-refractivity contribution in [2.75, 3.05) is 32.2 Å². The van der Waals surface area contributed by atoms with Gasteiger partial charge in [-0.25, -0.2) is 19.0 Å². The summed E-state index contributed by atoms with van der Waals surface area (Å²) in [6.07, 6.45) is 19.4. The minimum Gasteiger partial charge on any atom is -0.484 e. The van der Waals surface area contributed by atoms with E-state index in [9.17, 15) is 9.83 Å². The van der Waals surface area contributed by atoms with Crippen LogP contribution < -0.4 is 15.0 Å². The van der Waals surface area contributed by atoms with Crippen LogP contribution in [0.2, 0.25) is 5.02 Å². The van der Waals surface area contributed by atoms with Crippen molar-refractivity contribution >= 4 is 30.8 Å². The van der Waals surface area contributed by atoms with E-state index in [0.29, 0.717) is 31.0 Å². The Morgan fingerprint density at radius 3 is 2.29 bits per heavy atom. The van der Waals surface area contributed by atoms with Gasteiger partial charge in [0.15, 0.2) is 5.82 Å². The Balaban J connectivity index is 1.35. The van der Waals surface area contributed by atoms with Gasteiger partial charge in [-0.3, -0.25) is 9.05 Å². The Morgan fingerprint density at radius 2 is 1.62 bits per heavy atom. The first-order valence-corrected chi connectivity index (χ1v) is 22.0. The van der Waals surface area contributed by atoms with Crippen LogP contribution in [0.25, 0.3) is 5.52 Å². The number of nitriles is 1. The number of phosphoric ester groups is 1. The third-order valence-electron chi connectivity index (χ3n) is 10.0. The molecule has 0 saturated heterocycles. The fourth-order valence-corrected chi connectivity index (χ4v) is 7.83. The van der Waals surface area contributed by atoms with Crippen molar-refractivity contribution in [1.29, 1.82) is 5.26 Å². The van der Waals surface area contributed by atoms with Crippen molar-refractivity contribution in [3.05, 3.63) is 77.5 Å². The normalized spacial score (nSPS) is 14.2. The molecule has 0 aliphatic heterocycles. The quantitative estimate of drug-likeness (QED) is 0.0411. The van der Waals surface area contributed by atoms with Crippen LogP contribution in [0.1, 0.15) is 122 Å². The van der Waals surface area contributed by atoms with Gasteiger partial charge < -0.3 is 19.7 Å². The summed E-state index contributed by atoms with van der Waals surface area (Å²) in [7, 11) is -4.27. The topological polar surface area (TPSA) is 156 Å². The van der Waals surface area contributed by atoms with E-state index in [2.05, 4.69) is 35.8 Å². The lowest BCUT2D eigenvalue weighted by atomic mass is 9.83. The number of anilines is 1. The summed E-state index contributed by atoms with van der Waals surface area (Å²) in [6, 6.07) is 15.9. The van der Waals surface area contributed by atoms with Crippen molar-refractivity contribution in [3.8, 4) is 17.6 Å². The predicted octanol–water partition coefficient (Wildman–Crippen LogP) is 11.0. The number of unbranched alkanes of at least 4 members (excludes halogenated alkanes) is 11. The first-order chi connectivity index (χ1) is 27.2. The highest BCUT2D eigenvalue weighted by Crippen LogP contribution is 2.52. The number of aryl methyl sites for hydroxylation is 1. The molecule has 3 heterocycles. The van der Waals surface area contributed by atoms with E-state index >= 15 is 0 Å². The number of pyridine rings is 1. The van der Waals surface area contributed by atoms with Gasteiger partial charge in [-0.2, -0.15) is 10.4 Å². The molecule has 12 nitrogen and oxygen atoms in total. The molecule has 0 fully saturated rings. The lowest BCUT2D eigenvalue weighted by Crippen LogP contribution is -2.30. The first-order valence-electron chi connectivity index (χ1n) is 20.2. The van der Waals surface area contributed by atoms with Gasteiger partial charge in [-0.15, -0.1) is 0 Å². The second-order valence-electron chi connectivity index (χ2n) is 14.7. The van der Waals surface area contributed by atoms with Crippen molar-refractivity contribution in [2.24, 2.45) is 5.41 Å². The molecule has 3 aromatic heterocycles. The molecule has 3 atom stereocenters. The average Bonchev–Trinajstić information content (AvgIpc) is 3.64. The highest BCUT2D eigenvalue weighted by molar-refractivity contribution is 7.48. The summed E-state index contributed by atoms with van der Waals surface area (Å²) in [6.45, 7) is 6.99. The van der Waals surface area contributed by atoms with Gasteiger partial charge in [0.05, 0.1) is 31.0 Å². The summed E-state index contributed by atoms with van der Waals surface area (Å²) in [5, 5.41) is 13.8. The maximum absolute atomic E-state index is 14.5. The van der Waals surface area contributed by atoms with Crippen LogP contribution >= 0.6 is 19.4 Å². The highest BCUT2D eigenvalue weighted by Gasteiger charge is 2.35. The molecule has 0 amide bonds. The molecule has 14 heteroatoms. The molecule has 0 bridgehead atoms. The number of phosphoric acid groups is 1. The van der Waals surface area contributed by atoms with Crippen LogP contribution in [0.4, 0.5) is 5.82 Å². The summed E-state index contributed by atoms with van der Waals surface area (Å²) in [5.74, 6) is 0.998. The van der Waals surface area contributed by atoms with E-state index in [1.165, 1.54) is 76.7 Å². The van der Waals surface area contributed by atoms with Crippen LogP contribution in [0.5, 0.6) is 11.5 Å². The molecule has 4 rings (SSSR count). The number of nitrogen functional groups attached to an aromatic ring is 1. The minimum absolute atomic E-state index is 0.0756. The number of fused-ring (bicyclic) bond motifs is 1. The molecule has 0 aliphatic carbocycles. The molecule has 1 unspecified atom stereocenters. The van der Waals surface area contributed by atoms with Crippen molar-refractivity contribution in [3.63, 3.8) is 0 Å². The lowest BCUT2D eigenvalue weighted by molar-refractivity contribution is 0.0119. The van der Waals surface area contributed by atoms with Gasteiger partial charge in [0.25, 0.3) is 0 Å². The Labute approximate surface area is 338 Å². The molecule has 4 aromatic rings. The molecule has 0 radical (unpaired) electrons. The fraction of sp³-hybridized carbons (Fsp3) is 0.571. The Hall–Kier alpha value is -3.72. The number of halogens is 1. The zero-order valence-corrected chi connectivity index (χ0v) is 35.0. The summed E-state index contributed by atoms with van der Waals surface area (Å²) >= 11 is 6.43. The number of aromatic nitrogens is 4. The van der Waals surface area contributed by atoms with E-state index < -0.39 is 19.3 Å². The second-order valence-corrected chi connectivity index (χ2v) is 16.7. The van der Waals surface area contributed by atoms with Gasteiger partial charge in [-0.1, -0.05) is 115 Å². The van der Waals surface area contributed by atoms with Crippen molar-refractivity contribution < 1.29 is 27.6 Å². The monoisotopic (exact) mass is 810 g/mol. The number of ether oxygens (including phenoxy) is 2. The van der Waals surface area contributed by atoms with E-state index in [1.54, 1.807) is 40.9 Å². The van der Waals surface area contributed by atoms with Crippen LogP contribution in [0, 0.1) is 16.7 Å². The number of para-hydroxylation sites is 1. The fourth-order valence-electron chi connectivity index (χ4n) is 6.20. The van der Waals surface area contributed by atoms with Gasteiger partial charge in [-0.05, 0) is 67.5 Å². The Bertz CT molecular complexity index is 1820. The Kier molecular flexibility index (Phi) is 19.4. The summed E-state index contributed by atoms with van der Waals surface area (Å²) in [5.41, 5.74) is 7.61. The molecule has 56 heavy (non-hydrogen) atoms. The standard InChI is InChI=1S/C42H60ClN6O6P/c1-4-6-7-8-9-10-11-12-13-14-15-18-27-51-30-37(54-36-23-21-34(28-44)46-29-36)31-52-56(50,55-40-20-17-16-19-38(40)43)53-32-42(3,5-2)26-25-35-22-24-39-41(45)47-33-48-49(35)39/h16-17,19-24,29,33,37H,4-15,18,25-27,30-32H2,1-3H3,(H2,45,47,48)/t37-,42+,56?/m1/s1. The van der Waals surface area contributed by atoms with Crippen LogP contribution in [-0.2, 0) is 24.8 Å². The molecular weight excluding hydrogens is 751 g/mol. The summed E-state index contributed by atoms with van der Waals surface area (Å²) in [4.78, 5) is 8.20. The lowest BCUT2D eigenvalue weighted by Gasteiger charge is -2.30. The van der Waals surface area contributed by atoms with Gasteiger partial charge >= 0.3 is 7.82 Å². The van der Waals surface area contributed by atoms with Crippen molar-refractivity contribution in [2.45, 2.75) is 123 Å². The molecule has 0 spiro atoms. The average molecular weight is 811 g/mol. The largest absolute Gasteiger partial charge is 0.530 e. The smallest absolute Gasteiger partial charge is 0.484 e. The Morgan fingerprint density at radius 1 is 0.911 bits per heavy atom. The number of benzene rings is 1. The SMILES string of the molecule is CCCCCCCCCCCCCCOC[C@H](COP(=O)(OC[C@@](C)(CC)CCc1ccc2c(N)ncnn12)Oc1ccccc1Cl)Oc1ccc(C#N)nc1. The van der Waals surface area contributed by atoms with Crippen molar-refractivity contribution in [1.82, 2.24) is 19.6 Å². The number of rotatable bonds is 29. The van der Waals surface area contributed by atoms with E-state index in [-0.39, 0.29) is 36.3 Å². The van der Waals surface area contributed by atoms with E-state index in [0.717, 1.165) is 30.5 Å². The van der Waals surface area contributed by atoms with Gasteiger partial charge in [0, 0.05) is 12.3 Å². The van der Waals surface area contributed by atoms with Gasteiger partial charge in [0.1, 0.15) is 41.2 Å². The molecule has 306 valence electrons. The van der Waals surface area contributed by atoms with E-state index in [1.807, 2.05) is 18.2 Å². The van der Waals surface area contributed by atoms with Crippen LogP contribution in [0.3, 0.4) is 0 Å². The molecular formula is C42H60ClN6O6P. The summed E-state index contributed by atoms with van der Waals surface area (Å²) < 4.78 is 46.6. The number of hydrogen-bond acceptors (Lipinski definition) is 11. The van der Waals surface area contributed by atoms with Crippen LogP contribution in [0.15, 0.2) is 61.1 Å². The minimum atomic E-state index is -4.27. The molecule has 0 saturated carbocycles. The maximum Gasteiger partial charge on any atom is 0.530 e. The molecule has 2 N–H and O–H groups in total.